The minimum Gasteiger partial charge on any atom is -0.508 e. The van der Waals surface area contributed by atoms with Crippen LogP contribution in [-0.2, 0) is 11.2 Å². The van der Waals surface area contributed by atoms with Crippen molar-refractivity contribution < 1.29 is 14.6 Å². The van der Waals surface area contributed by atoms with E-state index in [0.29, 0.717) is 24.5 Å². The van der Waals surface area contributed by atoms with Crippen LogP contribution in [0.2, 0.25) is 0 Å². The Kier molecular flexibility index (Phi) is 4.37. The first-order valence-corrected chi connectivity index (χ1v) is 8.16. The number of esters is 1. The summed E-state index contributed by atoms with van der Waals surface area (Å²) in [5.74, 6) is 1.06. The monoisotopic (exact) mass is 310 g/mol. The Hall–Kier alpha value is -2.29. The quantitative estimate of drug-likeness (QED) is 0.671. The maximum atomic E-state index is 12.1. The third-order valence-corrected chi connectivity index (χ3v) is 4.40. The second kappa shape index (κ2) is 6.45. The second-order valence-corrected chi connectivity index (χ2v) is 6.56. The van der Waals surface area contributed by atoms with Crippen molar-refractivity contribution in [2.24, 2.45) is 5.92 Å². The number of ether oxygens (including phenoxy) is 1. The Morgan fingerprint density at radius 2 is 1.91 bits per heavy atom. The summed E-state index contributed by atoms with van der Waals surface area (Å²) < 4.78 is 5.53. The molecule has 0 bridgehead atoms. The van der Waals surface area contributed by atoms with Crippen molar-refractivity contribution in [3.05, 3.63) is 59.2 Å². The average molecular weight is 310 g/mol. The molecule has 0 amide bonds. The van der Waals surface area contributed by atoms with Gasteiger partial charge < -0.3 is 9.84 Å². The van der Waals surface area contributed by atoms with Gasteiger partial charge in [-0.3, -0.25) is 4.79 Å². The van der Waals surface area contributed by atoms with Crippen LogP contribution in [0, 0.1) is 5.92 Å². The SMILES string of the molecule is CC(C)CCc1c(O)ccc2c1OC(=O)CC2c1ccccc1. The lowest BCUT2D eigenvalue weighted by molar-refractivity contribution is -0.135. The van der Waals surface area contributed by atoms with Crippen molar-refractivity contribution in [3.63, 3.8) is 0 Å². The van der Waals surface area contributed by atoms with Crippen LogP contribution in [0.5, 0.6) is 11.5 Å². The van der Waals surface area contributed by atoms with E-state index in [-0.39, 0.29) is 17.6 Å². The van der Waals surface area contributed by atoms with Gasteiger partial charge in [0, 0.05) is 17.0 Å². The lowest BCUT2D eigenvalue weighted by Crippen LogP contribution is -2.22. The molecule has 23 heavy (non-hydrogen) atoms. The topological polar surface area (TPSA) is 46.5 Å². The molecule has 120 valence electrons. The maximum Gasteiger partial charge on any atom is 0.312 e. The van der Waals surface area contributed by atoms with Crippen molar-refractivity contribution in [2.45, 2.75) is 39.0 Å². The highest BCUT2D eigenvalue weighted by Gasteiger charge is 2.31. The third-order valence-electron chi connectivity index (χ3n) is 4.40. The fraction of sp³-hybridized carbons (Fsp3) is 0.350. The molecule has 1 unspecified atom stereocenters. The molecule has 1 heterocycles. The number of benzene rings is 2. The molecule has 0 aliphatic carbocycles. The Morgan fingerprint density at radius 1 is 1.17 bits per heavy atom. The van der Waals surface area contributed by atoms with Crippen LogP contribution in [0.3, 0.4) is 0 Å². The van der Waals surface area contributed by atoms with E-state index in [9.17, 15) is 9.90 Å². The predicted molar refractivity (Wildman–Crippen MR) is 89.8 cm³/mol. The molecule has 0 saturated heterocycles. The molecule has 1 aliphatic rings. The van der Waals surface area contributed by atoms with Crippen LogP contribution in [0.25, 0.3) is 0 Å². The zero-order valence-electron chi connectivity index (χ0n) is 13.6. The summed E-state index contributed by atoms with van der Waals surface area (Å²) in [4.78, 5) is 12.1. The zero-order valence-corrected chi connectivity index (χ0v) is 13.6. The first kappa shape index (κ1) is 15.6. The van der Waals surface area contributed by atoms with E-state index in [1.54, 1.807) is 6.07 Å². The molecule has 2 aromatic carbocycles. The molecular formula is C20H22O3. The number of hydrogen-bond acceptors (Lipinski definition) is 3. The standard InChI is InChI=1S/C20H22O3/c1-13(2)8-9-16-18(21)11-10-15-17(12-19(22)23-20(15)16)14-6-4-3-5-7-14/h3-7,10-11,13,17,21H,8-9,12H2,1-2H3. The number of phenolic OH excluding ortho intramolecular Hbond substituents is 1. The number of rotatable bonds is 4. The first-order chi connectivity index (χ1) is 11.1. The highest BCUT2D eigenvalue weighted by molar-refractivity contribution is 5.79. The third kappa shape index (κ3) is 3.24. The van der Waals surface area contributed by atoms with E-state index in [0.717, 1.165) is 23.1 Å². The Morgan fingerprint density at radius 3 is 2.61 bits per heavy atom. The van der Waals surface area contributed by atoms with E-state index in [4.69, 9.17) is 4.74 Å². The van der Waals surface area contributed by atoms with Crippen molar-refractivity contribution >= 4 is 5.97 Å². The minimum atomic E-state index is -0.234. The van der Waals surface area contributed by atoms with Gasteiger partial charge in [-0.15, -0.1) is 0 Å². The molecule has 0 radical (unpaired) electrons. The normalized spacial score (nSPS) is 17.0. The number of aromatic hydroxyl groups is 1. The lowest BCUT2D eigenvalue weighted by Gasteiger charge is -2.27. The van der Waals surface area contributed by atoms with Crippen LogP contribution in [0.15, 0.2) is 42.5 Å². The number of carbonyl (C=O) groups is 1. The predicted octanol–water partition coefficient (Wildman–Crippen LogP) is 4.42. The van der Waals surface area contributed by atoms with Gasteiger partial charge in [0.15, 0.2) is 0 Å². The number of hydrogen-bond donors (Lipinski definition) is 1. The molecule has 0 spiro atoms. The lowest BCUT2D eigenvalue weighted by atomic mass is 9.84. The Bertz CT molecular complexity index is 704. The summed E-state index contributed by atoms with van der Waals surface area (Å²) in [6.07, 6.45) is 1.99. The number of fused-ring (bicyclic) bond motifs is 1. The van der Waals surface area contributed by atoms with Crippen LogP contribution in [0.1, 0.15) is 49.3 Å². The highest BCUT2D eigenvalue weighted by atomic mass is 16.5. The molecule has 0 fully saturated rings. The summed E-state index contributed by atoms with van der Waals surface area (Å²) >= 11 is 0. The molecule has 3 nitrogen and oxygen atoms in total. The molecule has 1 atom stereocenters. The largest absolute Gasteiger partial charge is 0.508 e. The Balaban J connectivity index is 2.05. The van der Waals surface area contributed by atoms with Crippen LogP contribution in [-0.4, -0.2) is 11.1 Å². The van der Waals surface area contributed by atoms with Crippen LogP contribution >= 0.6 is 0 Å². The molecule has 3 heteroatoms. The van der Waals surface area contributed by atoms with Crippen molar-refractivity contribution in [1.29, 1.82) is 0 Å². The van der Waals surface area contributed by atoms with Gasteiger partial charge >= 0.3 is 5.97 Å². The Labute approximate surface area is 136 Å². The van der Waals surface area contributed by atoms with E-state index in [2.05, 4.69) is 13.8 Å². The summed E-state index contributed by atoms with van der Waals surface area (Å²) in [7, 11) is 0. The molecule has 0 aromatic heterocycles. The van der Waals surface area contributed by atoms with Crippen molar-refractivity contribution in [1.82, 2.24) is 0 Å². The van der Waals surface area contributed by atoms with E-state index in [1.165, 1.54) is 0 Å². The molecule has 3 rings (SSSR count). The summed E-state index contributed by atoms with van der Waals surface area (Å²) in [5, 5.41) is 10.2. The number of phenols is 1. The van der Waals surface area contributed by atoms with Crippen molar-refractivity contribution in [3.8, 4) is 11.5 Å². The molecule has 1 aliphatic heterocycles. The van der Waals surface area contributed by atoms with Gasteiger partial charge in [-0.25, -0.2) is 0 Å². The number of carbonyl (C=O) groups excluding carboxylic acids is 1. The smallest absolute Gasteiger partial charge is 0.312 e. The van der Waals surface area contributed by atoms with Crippen molar-refractivity contribution in [2.75, 3.05) is 0 Å². The van der Waals surface area contributed by atoms with Gasteiger partial charge in [-0.1, -0.05) is 50.2 Å². The van der Waals surface area contributed by atoms with Gasteiger partial charge in [0.05, 0.1) is 6.42 Å². The summed E-state index contributed by atoms with van der Waals surface area (Å²) in [6.45, 7) is 4.29. The van der Waals surface area contributed by atoms with E-state index < -0.39 is 0 Å². The van der Waals surface area contributed by atoms with E-state index >= 15 is 0 Å². The molecule has 2 aromatic rings. The summed E-state index contributed by atoms with van der Waals surface area (Å²) in [5.41, 5.74) is 2.85. The van der Waals surface area contributed by atoms with Gasteiger partial charge in [0.25, 0.3) is 0 Å². The van der Waals surface area contributed by atoms with Gasteiger partial charge in [-0.05, 0) is 30.4 Å². The first-order valence-electron chi connectivity index (χ1n) is 8.16. The fourth-order valence-electron chi connectivity index (χ4n) is 3.12. The van der Waals surface area contributed by atoms with Crippen LogP contribution in [0.4, 0.5) is 0 Å². The zero-order chi connectivity index (χ0) is 16.4. The second-order valence-electron chi connectivity index (χ2n) is 6.56. The fourth-order valence-corrected chi connectivity index (χ4v) is 3.12. The molecule has 1 N–H and O–H groups in total. The minimum absolute atomic E-state index is 0.00847. The maximum absolute atomic E-state index is 12.1. The highest BCUT2D eigenvalue weighted by Crippen LogP contribution is 2.43. The molecule has 0 saturated carbocycles. The average Bonchev–Trinajstić information content (AvgIpc) is 2.53. The van der Waals surface area contributed by atoms with Gasteiger partial charge in [0.2, 0.25) is 0 Å². The molecular weight excluding hydrogens is 288 g/mol. The van der Waals surface area contributed by atoms with Crippen LogP contribution < -0.4 is 4.74 Å². The van der Waals surface area contributed by atoms with Gasteiger partial charge in [0.1, 0.15) is 11.5 Å². The van der Waals surface area contributed by atoms with Gasteiger partial charge in [-0.2, -0.15) is 0 Å². The summed E-state index contributed by atoms with van der Waals surface area (Å²) in [6, 6.07) is 13.6. The van der Waals surface area contributed by atoms with E-state index in [1.807, 2.05) is 36.4 Å².